The Labute approximate surface area is 91.3 Å². The summed E-state index contributed by atoms with van der Waals surface area (Å²) in [5.74, 6) is 0. The third-order valence-corrected chi connectivity index (χ3v) is 1.55. The van der Waals surface area contributed by atoms with E-state index >= 15 is 0 Å². The first kappa shape index (κ1) is 14.6. The van der Waals surface area contributed by atoms with Crippen LogP contribution in [0.1, 0.15) is 21.6 Å². The van der Waals surface area contributed by atoms with Crippen LogP contribution in [0.3, 0.4) is 0 Å². The van der Waals surface area contributed by atoms with Crippen molar-refractivity contribution in [2.45, 2.75) is 13.1 Å². The van der Waals surface area contributed by atoms with Crippen molar-refractivity contribution in [3.05, 3.63) is 29.1 Å². The van der Waals surface area contributed by atoms with E-state index in [-0.39, 0.29) is 11.3 Å². The Morgan fingerprint density at radius 1 is 1.38 bits per heavy atom. The molecule has 0 bridgehead atoms. The summed E-state index contributed by atoms with van der Waals surface area (Å²) in [5.41, 5.74) is -1.06. The van der Waals surface area contributed by atoms with Crippen molar-refractivity contribution in [1.29, 1.82) is 0 Å². The number of carbonyl (C=O) groups excluding carboxylic acids is 1. The van der Waals surface area contributed by atoms with E-state index in [9.17, 15) is 18.0 Å². The van der Waals surface area contributed by atoms with Gasteiger partial charge in [-0.15, -0.1) is 0 Å². The van der Waals surface area contributed by atoms with Gasteiger partial charge < -0.3 is 4.74 Å². The molecule has 0 saturated carbocycles. The summed E-state index contributed by atoms with van der Waals surface area (Å²) in [4.78, 5) is 13.7. The number of aldehydes is 1. The molecular weight excluding hydrogens is 223 g/mol. The Morgan fingerprint density at radius 3 is 2.25 bits per heavy atom. The van der Waals surface area contributed by atoms with E-state index in [1.54, 1.807) is 14.2 Å². The van der Waals surface area contributed by atoms with E-state index in [1.165, 1.54) is 6.92 Å². The van der Waals surface area contributed by atoms with Gasteiger partial charge in [-0.3, -0.25) is 9.78 Å². The van der Waals surface area contributed by atoms with E-state index in [4.69, 9.17) is 0 Å². The molecule has 16 heavy (non-hydrogen) atoms. The van der Waals surface area contributed by atoms with Gasteiger partial charge >= 0.3 is 6.18 Å². The molecule has 0 saturated heterocycles. The molecule has 1 heterocycles. The summed E-state index contributed by atoms with van der Waals surface area (Å²) in [6, 6.07) is 0.787. The van der Waals surface area contributed by atoms with Crippen molar-refractivity contribution >= 4 is 6.29 Å². The number of halogens is 3. The summed E-state index contributed by atoms with van der Waals surface area (Å²) >= 11 is 0. The third-order valence-electron chi connectivity index (χ3n) is 1.55. The van der Waals surface area contributed by atoms with Gasteiger partial charge in [0.05, 0.1) is 5.56 Å². The van der Waals surface area contributed by atoms with Crippen LogP contribution < -0.4 is 0 Å². The summed E-state index contributed by atoms with van der Waals surface area (Å²) in [6.45, 7) is 1.25. The minimum atomic E-state index is -4.45. The molecule has 0 aliphatic rings. The average molecular weight is 235 g/mol. The molecular formula is C10H12F3NO2. The number of methoxy groups -OCH3 is 1. The molecule has 0 unspecified atom stereocenters. The maximum atomic E-state index is 12.2. The highest BCUT2D eigenvalue weighted by Crippen LogP contribution is 2.31. The largest absolute Gasteiger partial charge is 0.418 e. The van der Waals surface area contributed by atoms with Crippen molar-refractivity contribution in [3.8, 4) is 0 Å². The Morgan fingerprint density at radius 2 is 1.88 bits per heavy atom. The normalized spacial score (nSPS) is 10.4. The van der Waals surface area contributed by atoms with Gasteiger partial charge in [-0.2, -0.15) is 13.2 Å². The van der Waals surface area contributed by atoms with Gasteiger partial charge in [0.2, 0.25) is 0 Å². The third kappa shape index (κ3) is 4.39. The van der Waals surface area contributed by atoms with E-state index in [2.05, 4.69) is 9.72 Å². The number of pyridine rings is 1. The number of nitrogens with zero attached hydrogens (tertiary/aromatic N) is 1. The molecule has 0 N–H and O–H groups in total. The number of alkyl halides is 3. The fourth-order valence-corrected chi connectivity index (χ4v) is 0.901. The Bertz CT molecular complexity index is 350. The summed E-state index contributed by atoms with van der Waals surface area (Å²) in [5, 5.41) is 0. The maximum Gasteiger partial charge on any atom is 0.418 e. The first-order valence-electron chi connectivity index (χ1n) is 4.26. The molecule has 1 aromatic rings. The predicted molar refractivity (Wildman–Crippen MR) is 52.3 cm³/mol. The lowest BCUT2D eigenvalue weighted by Crippen LogP contribution is -2.09. The number of ether oxygens (including phenoxy) is 1. The quantitative estimate of drug-likeness (QED) is 0.702. The highest BCUT2D eigenvalue weighted by atomic mass is 19.4. The zero-order chi connectivity index (χ0) is 12.8. The van der Waals surface area contributed by atoms with Gasteiger partial charge in [0.15, 0.2) is 6.29 Å². The maximum absolute atomic E-state index is 12.2. The van der Waals surface area contributed by atoms with Crippen molar-refractivity contribution in [2.24, 2.45) is 0 Å². The molecule has 6 heteroatoms. The monoisotopic (exact) mass is 235 g/mol. The molecule has 0 aromatic carbocycles. The van der Waals surface area contributed by atoms with Gasteiger partial charge in [0.1, 0.15) is 0 Å². The Hall–Kier alpha value is -1.43. The van der Waals surface area contributed by atoms with Crippen LogP contribution >= 0.6 is 0 Å². The first-order chi connectivity index (χ1) is 7.36. The highest BCUT2D eigenvalue weighted by Gasteiger charge is 2.33. The Balaban J connectivity index is 0.000000673. The van der Waals surface area contributed by atoms with Crippen LogP contribution in [0.15, 0.2) is 12.3 Å². The molecule has 0 radical (unpaired) electrons. The fraction of sp³-hybridized carbons (Fsp3) is 0.400. The lowest BCUT2D eigenvalue weighted by molar-refractivity contribution is -0.138. The number of rotatable bonds is 1. The second kappa shape index (κ2) is 6.22. The van der Waals surface area contributed by atoms with Gasteiger partial charge in [0.25, 0.3) is 0 Å². The van der Waals surface area contributed by atoms with Crippen LogP contribution in [0.5, 0.6) is 0 Å². The second-order valence-electron chi connectivity index (χ2n) is 2.93. The first-order valence-corrected chi connectivity index (χ1v) is 4.26. The SMILES string of the molecule is COC.Cc1ncc(C=O)cc1C(F)(F)F. The van der Waals surface area contributed by atoms with Gasteiger partial charge in [-0.05, 0) is 13.0 Å². The highest BCUT2D eigenvalue weighted by molar-refractivity contribution is 5.74. The second-order valence-corrected chi connectivity index (χ2v) is 2.93. The van der Waals surface area contributed by atoms with Gasteiger partial charge in [-0.25, -0.2) is 0 Å². The molecule has 1 aromatic heterocycles. The predicted octanol–water partition coefficient (Wildman–Crippen LogP) is 2.48. The van der Waals surface area contributed by atoms with Crippen LogP contribution in [0.2, 0.25) is 0 Å². The minimum absolute atomic E-state index is 0.0714. The van der Waals surface area contributed by atoms with Gasteiger partial charge in [-0.1, -0.05) is 0 Å². The zero-order valence-electron chi connectivity index (χ0n) is 9.13. The molecule has 0 spiro atoms. The lowest BCUT2D eigenvalue weighted by Gasteiger charge is -2.08. The number of hydrogen-bond donors (Lipinski definition) is 0. The fourth-order valence-electron chi connectivity index (χ4n) is 0.901. The van der Waals surface area contributed by atoms with Crippen LogP contribution in [-0.4, -0.2) is 25.5 Å². The molecule has 1 rings (SSSR count). The van der Waals surface area contributed by atoms with Crippen molar-refractivity contribution < 1.29 is 22.7 Å². The Kier molecular flexibility index (Phi) is 5.66. The van der Waals surface area contributed by atoms with E-state index < -0.39 is 11.7 Å². The summed E-state index contributed by atoms with van der Waals surface area (Å²) in [6.07, 6.45) is -3.00. The van der Waals surface area contributed by atoms with Crippen molar-refractivity contribution in [1.82, 2.24) is 4.98 Å². The smallest absolute Gasteiger partial charge is 0.388 e. The molecule has 0 fully saturated rings. The number of aryl methyl sites for hydroxylation is 1. The van der Waals surface area contributed by atoms with E-state index in [0.29, 0.717) is 6.29 Å². The van der Waals surface area contributed by atoms with Crippen LogP contribution in [0.25, 0.3) is 0 Å². The molecule has 90 valence electrons. The van der Waals surface area contributed by atoms with Gasteiger partial charge in [0, 0.05) is 31.7 Å². The lowest BCUT2D eigenvalue weighted by atomic mass is 10.1. The van der Waals surface area contributed by atoms with Crippen molar-refractivity contribution in [2.75, 3.05) is 14.2 Å². The topological polar surface area (TPSA) is 39.2 Å². The summed E-state index contributed by atoms with van der Waals surface area (Å²) in [7, 11) is 3.25. The van der Waals surface area contributed by atoms with E-state index in [0.717, 1.165) is 12.3 Å². The minimum Gasteiger partial charge on any atom is -0.388 e. The average Bonchev–Trinajstić information content (AvgIpc) is 2.18. The number of carbonyl (C=O) groups is 1. The molecule has 0 aliphatic carbocycles. The van der Waals surface area contributed by atoms with Crippen molar-refractivity contribution in [3.63, 3.8) is 0 Å². The summed E-state index contributed by atoms with van der Waals surface area (Å²) < 4.78 is 40.9. The zero-order valence-corrected chi connectivity index (χ0v) is 9.13. The molecule has 0 amide bonds. The van der Waals surface area contributed by atoms with E-state index in [1.807, 2.05) is 0 Å². The molecule has 3 nitrogen and oxygen atoms in total. The van der Waals surface area contributed by atoms with Crippen LogP contribution in [0, 0.1) is 6.92 Å². The standard InChI is InChI=1S/C8H6F3NO.C2H6O/c1-5-7(8(9,10)11)2-6(4-13)3-12-5;1-3-2/h2-4H,1H3;1-2H3. The molecule has 0 aliphatic heterocycles. The van der Waals surface area contributed by atoms with Crippen LogP contribution in [-0.2, 0) is 10.9 Å². The molecule has 0 atom stereocenters. The van der Waals surface area contributed by atoms with Crippen LogP contribution in [0.4, 0.5) is 13.2 Å². The number of aromatic nitrogens is 1. The number of hydrogen-bond acceptors (Lipinski definition) is 3.